The number of ether oxygens (including phenoxy) is 1. The zero-order chi connectivity index (χ0) is 13.0. The fraction of sp³-hybridized carbons (Fsp3) is 0.286. The number of furan rings is 1. The molecule has 1 aromatic heterocycles. The van der Waals surface area contributed by atoms with Gasteiger partial charge in [0, 0.05) is 10.6 Å². The van der Waals surface area contributed by atoms with Gasteiger partial charge in [-0.25, -0.2) is 0 Å². The van der Waals surface area contributed by atoms with E-state index in [9.17, 15) is 0 Å². The fourth-order valence-electron chi connectivity index (χ4n) is 1.95. The topological polar surface area (TPSA) is 34.4 Å². The second-order valence-electron chi connectivity index (χ2n) is 3.89. The lowest BCUT2D eigenvalue weighted by molar-refractivity contribution is 0.394. The predicted octanol–water partition coefficient (Wildman–Crippen LogP) is 3.64. The molecule has 18 heavy (non-hydrogen) atoms. The van der Waals surface area contributed by atoms with Crippen LogP contribution in [0.15, 0.2) is 41.0 Å². The molecule has 0 fully saturated rings. The molecule has 0 saturated carbocycles. The van der Waals surface area contributed by atoms with Crippen LogP contribution in [0.3, 0.4) is 0 Å². The van der Waals surface area contributed by atoms with Crippen LogP contribution < -0.4 is 10.1 Å². The third kappa shape index (κ3) is 2.68. The van der Waals surface area contributed by atoms with E-state index in [1.807, 2.05) is 30.3 Å². The Morgan fingerprint density at radius 1 is 1.39 bits per heavy atom. The highest BCUT2D eigenvalue weighted by Crippen LogP contribution is 2.32. The molecule has 2 aromatic rings. The van der Waals surface area contributed by atoms with Crippen molar-refractivity contribution < 1.29 is 9.15 Å². The molecule has 0 spiro atoms. The molecule has 1 aromatic carbocycles. The number of methoxy groups -OCH3 is 1. The zero-order valence-electron chi connectivity index (χ0n) is 10.4. The van der Waals surface area contributed by atoms with Crippen molar-refractivity contribution in [1.82, 2.24) is 5.32 Å². The Kier molecular flexibility index (Phi) is 4.28. The first-order chi connectivity index (χ1) is 8.76. The Labute approximate surface area is 112 Å². The van der Waals surface area contributed by atoms with Gasteiger partial charge in [-0.2, -0.15) is 0 Å². The summed E-state index contributed by atoms with van der Waals surface area (Å²) >= 11 is 5.98. The van der Waals surface area contributed by atoms with Gasteiger partial charge in [0.1, 0.15) is 11.5 Å². The van der Waals surface area contributed by atoms with Gasteiger partial charge in [-0.3, -0.25) is 0 Å². The number of benzene rings is 1. The van der Waals surface area contributed by atoms with Crippen molar-refractivity contribution in [2.45, 2.75) is 13.0 Å². The molecule has 2 rings (SSSR count). The maximum absolute atomic E-state index is 5.98. The largest absolute Gasteiger partial charge is 0.496 e. The predicted molar refractivity (Wildman–Crippen MR) is 72.2 cm³/mol. The van der Waals surface area contributed by atoms with Crippen LogP contribution in [0.25, 0.3) is 0 Å². The smallest absolute Gasteiger partial charge is 0.125 e. The van der Waals surface area contributed by atoms with Crippen LogP contribution >= 0.6 is 11.6 Å². The van der Waals surface area contributed by atoms with E-state index in [4.69, 9.17) is 20.8 Å². The Morgan fingerprint density at radius 3 is 2.83 bits per heavy atom. The number of halogens is 1. The highest BCUT2D eigenvalue weighted by Gasteiger charge is 2.19. The van der Waals surface area contributed by atoms with Crippen LogP contribution in [0.5, 0.6) is 5.75 Å². The van der Waals surface area contributed by atoms with Crippen LogP contribution in [0.4, 0.5) is 0 Å². The number of hydrogen-bond donors (Lipinski definition) is 1. The number of rotatable bonds is 5. The SMILES string of the molecule is CCNC(c1ccco1)c1ccc(Cl)cc1OC. The molecule has 0 aliphatic rings. The van der Waals surface area contributed by atoms with Crippen molar-refractivity contribution in [2.75, 3.05) is 13.7 Å². The Hall–Kier alpha value is -1.45. The zero-order valence-corrected chi connectivity index (χ0v) is 11.2. The van der Waals surface area contributed by atoms with E-state index in [-0.39, 0.29) is 6.04 Å². The lowest BCUT2D eigenvalue weighted by Gasteiger charge is -2.19. The average Bonchev–Trinajstić information content (AvgIpc) is 2.90. The Morgan fingerprint density at radius 2 is 2.22 bits per heavy atom. The summed E-state index contributed by atoms with van der Waals surface area (Å²) in [6.07, 6.45) is 1.67. The molecule has 3 nitrogen and oxygen atoms in total. The van der Waals surface area contributed by atoms with Crippen LogP contribution in [0, 0.1) is 0 Å². The van der Waals surface area contributed by atoms with Crippen LogP contribution in [0.2, 0.25) is 5.02 Å². The molecule has 1 N–H and O–H groups in total. The van der Waals surface area contributed by atoms with E-state index in [0.29, 0.717) is 5.02 Å². The fourth-order valence-corrected chi connectivity index (χ4v) is 2.11. The summed E-state index contributed by atoms with van der Waals surface area (Å²) in [5, 5.41) is 4.04. The quantitative estimate of drug-likeness (QED) is 0.896. The van der Waals surface area contributed by atoms with Crippen molar-refractivity contribution in [1.29, 1.82) is 0 Å². The third-order valence-corrected chi connectivity index (χ3v) is 2.98. The first-order valence-corrected chi connectivity index (χ1v) is 6.24. The van der Waals surface area contributed by atoms with E-state index in [1.165, 1.54) is 0 Å². The van der Waals surface area contributed by atoms with Crippen molar-refractivity contribution >= 4 is 11.6 Å². The molecule has 0 amide bonds. The van der Waals surface area contributed by atoms with E-state index in [1.54, 1.807) is 13.4 Å². The summed E-state index contributed by atoms with van der Waals surface area (Å²) in [5.74, 6) is 1.61. The molecule has 96 valence electrons. The van der Waals surface area contributed by atoms with Gasteiger partial charge in [-0.05, 0) is 30.8 Å². The molecular formula is C14H16ClNO2. The Balaban J connectivity index is 2.42. The summed E-state index contributed by atoms with van der Waals surface area (Å²) in [6.45, 7) is 2.88. The minimum Gasteiger partial charge on any atom is -0.496 e. The molecule has 0 bridgehead atoms. The molecule has 4 heteroatoms. The van der Waals surface area contributed by atoms with Crippen molar-refractivity contribution in [3.63, 3.8) is 0 Å². The summed E-state index contributed by atoms with van der Waals surface area (Å²) in [7, 11) is 1.64. The van der Waals surface area contributed by atoms with Crippen molar-refractivity contribution in [2.24, 2.45) is 0 Å². The second kappa shape index (κ2) is 5.94. The summed E-state index contributed by atoms with van der Waals surface area (Å²) in [5.41, 5.74) is 1.01. The summed E-state index contributed by atoms with van der Waals surface area (Å²) in [4.78, 5) is 0. The molecule has 1 atom stereocenters. The van der Waals surface area contributed by atoms with E-state index in [2.05, 4.69) is 12.2 Å². The monoisotopic (exact) mass is 265 g/mol. The molecule has 0 radical (unpaired) electrons. The molecule has 0 aliphatic heterocycles. The average molecular weight is 266 g/mol. The van der Waals surface area contributed by atoms with E-state index in [0.717, 1.165) is 23.6 Å². The molecule has 0 aliphatic carbocycles. The number of nitrogens with one attached hydrogen (secondary N) is 1. The molecule has 1 heterocycles. The maximum Gasteiger partial charge on any atom is 0.125 e. The summed E-state index contributed by atoms with van der Waals surface area (Å²) < 4.78 is 10.9. The normalized spacial score (nSPS) is 12.4. The van der Waals surface area contributed by atoms with E-state index >= 15 is 0 Å². The highest BCUT2D eigenvalue weighted by atomic mass is 35.5. The maximum atomic E-state index is 5.98. The van der Waals surface area contributed by atoms with Crippen LogP contribution in [-0.4, -0.2) is 13.7 Å². The first-order valence-electron chi connectivity index (χ1n) is 5.86. The standard InChI is InChI=1S/C14H16ClNO2/c1-3-16-14(12-5-4-8-18-12)11-7-6-10(15)9-13(11)17-2/h4-9,14,16H,3H2,1-2H3. The van der Waals surface area contributed by atoms with Crippen molar-refractivity contribution in [3.8, 4) is 5.75 Å². The molecule has 1 unspecified atom stereocenters. The van der Waals surface area contributed by atoms with Gasteiger partial charge in [0.05, 0.1) is 19.4 Å². The van der Waals surface area contributed by atoms with Gasteiger partial charge < -0.3 is 14.5 Å². The van der Waals surface area contributed by atoms with Gasteiger partial charge in [0.2, 0.25) is 0 Å². The van der Waals surface area contributed by atoms with Crippen molar-refractivity contribution in [3.05, 3.63) is 52.9 Å². The third-order valence-electron chi connectivity index (χ3n) is 2.74. The highest BCUT2D eigenvalue weighted by molar-refractivity contribution is 6.30. The van der Waals surface area contributed by atoms with Gasteiger partial charge in [0.25, 0.3) is 0 Å². The van der Waals surface area contributed by atoms with Crippen LogP contribution in [-0.2, 0) is 0 Å². The minimum atomic E-state index is -0.0304. The Bertz CT molecular complexity index is 497. The minimum absolute atomic E-state index is 0.0304. The lowest BCUT2D eigenvalue weighted by atomic mass is 10.0. The second-order valence-corrected chi connectivity index (χ2v) is 4.33. The van der Waals surface area contributed by atoms with Crippen LogP contribution in [0.1, 0.15) is 24.3 Å². The summed E-state index contributed by atoms with van der Waals surface area (Å²) in [6, 6.07) is 9.41. The first kappa shape index (κ1) is 13.0. The van der Waals surface area contributed by atoms with E-state index < -0.39 is 0 Å². The molecular weight excluding hydrogens is 250 g/mol. The van der Waals surface area contributed by atoms with Gasteiger partial charge in [-0.1, -0.05) is 24.6 Å². The van der Waals surface area contributed by atoms with Gasteiger partial charge in [-0.15, -0.1) is 0 Å². The van der Waals surface area contributed by atoms with Gasteiger partial charge in [0.15, 0.2) is 0 Å². The number of hydrogen-bond acceptors (Lipinski definition) is 3. The van der Waals surface area contributed by atoms with Gasteiger partial charge >= 0.3 is 0 Å². The lowest BCUT2D eigenvalue weighted by Crippen LogP contribution is -2.22. The molecule has 0 saturated heterocycles.